The van der Waals surface area contributed by atoms with Crippen molar-refractivity contribution < 1.29 is 19.4 Å². The molecule has 0 unspecified atom stereocenters. The van der Waals surface area contributed by atoms with Gasteiger partial charge in [-0.3, -0.25) is 9.69 Å². The van der Waals surface area contributed by atoms with Crippen molar-refractivity contribution in [2.45, 2.75) is 44.9 Å². The van der Waals surface area contributed by atoms with Gasteiger partial charge in [-0.25, -0.2) is 4.79 Å². The van der Waals surface area contributed by atoms with Crippen molar-refractivity contribution in [3.8, 4) is 0 Å². The van der Waals surface area contributed by atoms with Crippen LogP contribution in [-0.2, 0) is 9.53 Å². The number of hydrogen-bond acceptors (Lipinski definition) is 4. The molecule has 6 nitrogen and oxygen atoms in total. The Morgan fingerprint density at radius 2 is 2.17 bits per heavy atom. The monoisotopic (exact) mass is 256 g/mol. The Hall–Kier alpha value is -1.30. The highest BCUT2D eigenvalue weighted by atomic mass is 16.6. The summed E-state index contributed by atoms with van der Waals surface area (Å²) < 4.78 is 5.28. The molecule has 0 aliphatic carbocycles. The second-order valence-electron chi connectivity index (χ2n) is 5.97. The van der Waals surface area contributed by atoms with Crippen LogP contribution in [0.15, 0.2) is 0 Å². The van der Waals surface area contributed by atoms with E-state index < -0.39 is 23.8 Å². The zero-order chi connectivity index (χ0) is 13.5. The lowest BCUT2D eigenvalue weighted by Crippen LogP contribution is -2.55. The summed E-state index contributed by atoms with van der Waals surface area (Å²) in [6, 6.07) is -0.497. The molecule has 2 N–H and O–H groups in total. The van der Waals surface area contributed by atoms with Crippen LogP contribution < -0.4 is 5.32 Å². The molecule has 2 aliphatic rings. The summed E-state index contributed by atoms with van der Waals surface area (Å²) in [5.74, 6) is -0.175. The third kappa shape index (κ3) is 2.58. The van der Waals surface area contributed by atoms with Gasteiger partial charge in [0.2, 0.25) is 5.91 Å². The predicted octanol–water partition coefficient (Wildman–Crippen LogP) is 0.103. The number of nitrogens with one attached hydrogen (secondary N) is 1. The number of ether oxygens (including phenoxy) is 1. The van der Waals surface area contributed by atoms with Crippen LogP contribution in [0.4, 0.5) is 4.79 Å². The zero-order valence-electron chi connectivity index (χ0n) is 11.0. The molecule has 0 aromatic rings. The van der Waals surface area contributed by atoms with Crippen LogP contribution in [0.5, 0.6) is 0 Å². The molecular weight excluding hydrogens is 236 g/mol. The minimum Gasteiger partial charge on any atom is -0.444 e. The molecule has 0 aromatic carbocycles. The van der Waals surface area contributed by atoms with Gasteiger partial charge < -0.3 is 15.2 Å². The molecule has 18 heavy (non-hydrogen) atoms. The number of piperidine rings is 1. The first kappa shape index (κ1) is 13.1. The van der Waals surface area contributed by atoms with Gasteiger partial charge in [0, 0.05) is 12.5 Å². The lowest BCUT2D eigenvalue weighted by molar-refractivity contribution is -0.126. The second kappa shape index (κ2) is 4.42. The number of nitrogens with zero attached hydrogens (tertiary/aromatic N) is 1. The van der Waals surface area contributed by atoms with Crippen molar-refractivity contribution in [3.63, 3.8) is 0 Å². The number of hydrogen-bond donors (Lipinski definition) is 2. The van der Waals surface area contributed by atoms with E-state index in [0.717, 1.165) is 0 Å². The van der Waals surface area contributed by atoms with E-state index in [2.05, 4.69) is 5.32 Å². The van der Waals surface area contributed by atoms with Gasteiger partial charge >= 0.3 is 6.09 Å². The molecule has 6 heteroatoms. The normalized spacial score (nSPS) is 31.9. The van der Waals surface area contributed by atoms with Crippen molar-refractivity contribution in [3.05, 3.63) is 0 Å². The molecule has 0 radical (unpaired) electrons. The summed E-state index contributed by atoms with van der Waals surface area (Å²) in [7, 11) is 0. The largest absolute Gasteiger partial charge is 0.444 e. The fraction of sp³-hybridized carbons (Fsp3) is 0.833. The number of fused-ring (bicyclic) bond motifs is 1. The summed E-state index contributed by atoms with van der Waals surface area (Å²) >= 11 is 0. The van der Waals surface area contributed by atoms with Gasteiger partial charge in [0.15, 0.2) is 0 Å². The second-order valence-corrected chi connectivity index (χ2v) is 5.97. The highest BCUT2D eigenvalue weighted by Gasteiger charge is 2.47. The average molecular weight is 256 g/mol. The van der Waals surface area contributed by atoms with Crippen LogP contribution in [0.25, 0.3) is 0 Å². The standard InChI is InChI=1S/C12H20N2O4/c1-12(2,3)18-11(17)14-6-8(15)4-7-5-13-10(16)9(7)14/h7-9,15H,4-6H2,1-3H3,(H,13,16)/t7-,8-,9-/m0/s1. The Morgan fingerprint density at radius 1 is 1.50 bits per heavy atom. The molecule has 2 amide bonds. The third-order valence-corrected chi connectivity index (χ3v) is 3.20. The predicted molar refractivity (Wildman–Crippen MR) is 63.9 cm³/mol. The summed E-state index contributed by atoms with van der Waals surface area (Å²) in [4.78, 5) is 25.2. The molecule has 102 valence electrons. The molecule has 0 aromatic heterocycles. The van der Waals surface area contributed by atoms with Crippen LogP contribution in [0, 0.1) is 5.92 Å². The first-order valence-corrected chi connectivity index (χ1v) is 6.23. The van der Waals surface area contributed by atoms with Gasteiger partial charge in [-0.1, -0.05) is 0 Å². The fourth-order valence-corrected chi connectivity index (χ4v) is 2.54. The maximum Gasteiger partial charge on any atom is 0.411 e. The third-order valence-electron chi connectivity index (χ3n) is 3.20. The van der Waals surface area contributed by atoms with Gasteiger partial charge in [0.25, 0.3) is 0 Å². The summed E-state index contributed by atoms with van der Waals surface area (Å²) in [6.45, 7) is 6.00. The van der Waals surface area contributed by atoms with Crippen molar-refractivity contribution in [2.24, 2.45) is 5.92 Å². The fourth-order valence-electron chi connectivity index (χ4n) is 2.54. The number of aliphatic hydroxyl groups excluding tert-OH is 1. The zero-order valence-corrected chi connectivity index (χ0v) is 11.0. The topological polar surface area (TPSA) is 78.9 Å². The van der Waals surface area contributed by atoms with Crippen LogP contribution in [0.2, 0.25) is 0 Å². The van der Waals surface area contributed by atoms with E-state index in [1.807, 2.05) is 0 Å². The molecular formula is C12H20N2O4. The van der Waals surface area contributed by atoms with Crippen molar-refractivity contribution in [1.82, 2.24) is 10.2 Å². The maximum atomic E-state index is 12.1. The number of carbonyl (C=O) groups is 2. The number of amides is 2. The number of carbonyl (C=O) groups excluding carboxylic acids is 2. The Labute approximate surface area is 106 Å². The SMILES string of the molecule is CC(C)(C)OC(=O)N1C[C@@H](O)C[C@H]2CNC(=O)[C@H]21. The molecule has 2 saturated heterocycles. The number of rotatable bonds is 0. The lowest BCUT2D eigenvalue weighted by Gasteiger charge is -2.38. The Morgan fingerprint density at radius 3 is 2.78 bits per heavy atom. The van der Waals surface area contributed by atoms with E-state index in [-0.39, 0.29) is 18.4 Å². The van der Waals surface area contributed by atoms with Crippen molar-refractivity contribution >= 4 is 12.0 Å². The lowest BCUT2D eigenvalue weighted by atomic mass is 9.90. The minimum absolute atomic E-state index is 0.0197. The molecule has 0 saturated carbocycles. The smallest absolute Gasteiger partial charge is 0.411 e. The first-order chi connectivity index (χ1) is 8.28. The van der Waals surface area contributed by atoms with E-state index in [4.69, 9.17) is 4.74 Å². The molecule has 2 aliphatic heterocycles. The van der Waals surface area contributed by atoms with E-state index >= 15 is 0 Å². The van der Waals surface area contributed by atoms with E-state index in [9.17, 15) is 14.7 Å². The van der Waals surface area contributed by atoms with Gasteiger partial charge in [-0.15, -0.1) is 0 Å². The summed E-state index contributed by atoms with van der Waals surface area (Å²) in [5, 5.41) is 12.5. The van der Waals surface area contributed by atoms with Gasteiger partial charge in [0.05, 0.1) is 12.6 Å². The maximum absolute atomic E-state index is 12.1. The van der Waals surface area contributed by atoms with Crippen LogP contribution in [0.3, 0.4) is 0 Å². The van der Waals surface area contributed by atoms with Crippen LogP contribution in [0.1, 0.15) is 27.2 Å². The Balaban J connectivity index is 2.14. The molecule has 0 bridgehead atoms. The van der Waals surface area contributed by atoms with Crippen LogP contribution >= 0.6 is 0 Å². The van der Waals surface area contributed by atoms with E-state index in [1.165, 1.54) is 4.90 Å². The highest BCUT2D eigenvalue weighted by Crippen LogP contribution is 2.28. The van der Waals surface area contributed by atoms with Gasteiger partial charge in [0.1, 0.15) is 11.6 Å². The van der Waals surface area contributed by atoms with E-state index in [0.29, 0.717) is 13.0 Å². The molecule has 2 fully saturated rings. The Bertz CT molecular complexity index is 364. The van der Waals surface area contributed by atoms with Crippen molar-refractivity contribution in [1.29, 1.82) is 0 Å². The molecule has 0 spiro atoms. The quantitative estimate of drug-likeness (QED) is 0.644. The number of aliphatic hydroxyl groups is 1. The average Bonchev–Trinajstić information content (AvgIpc) is 2.56. The Kier molecular flexibility index (Phi) is 3.23. The molecule has 2 heterocycles. The summed E-state index contributed by atoms with van der Waals surface area (Å²) in [5.41, 5.74) is -0.607. The highest BCUT2D eigenvalue weighted by molar-refractivity contribution is 5.88. The molecule has 2 rings (SSSR count). The first-order valence-electron chi connectivity index (χ1n) is 6.23. The number of β-amino-alcohol motifs (C(OH)–C–C–N with tert-alkyl or cyclic N) is 1. The van der Waals surface area contributed by atoms with Gasteiger partial charge in [-0.2, -0.15) is 0 Å². The minimum atomic E-state index is -0.607. The number of likely N-dealkylation sites (tertiary alicyclic amines) is 1. The van der Waals surface area contributed by atoms with E-state index in [1.54, 1.807) is 20.8 Å². The van der Waals surface area contributed by atoms with Gasteiger partial charge in [-0.05, 0) is 27.2 Å². The van der Waals surface area contributed by atoms with Crippen LogP contribution in [-0.4, -0.2) is 52.8 Å². The molecule has 3 atom stereocenters. The van der Waals surface area contributed by atoms with Crippen molar-refractivity contribution in [2.75, 3.05) is 13.1 Å². The summed E-state index contributed by atoms with van der Waals surface area (Å²) in [6.07, 6.45) is -0.581.